The Morgan fingerprint density at radius 1 is 1.44 bits per heavy atom. The van der Waals surface area contributed by atoms with Crippen molar-refractivity contribution in [3.63, 3.8) is 0 Å². The Bertz CT molecular complexity index is 577. The highest BCUT2D eigenvalue weighted by atomic mass is 16.2. The van der Waals surface area contributed by atoms with Crippen LogP contribution in [0.25, 0.3) is 10.9 Å². The molecule has 94 valence electrons. The van der Waals surface area contributed by atoms with Crippen LogP contribution in [0.3, 0.4) is 0 Å². The van der Waals surface area contributed by atoms with Gasteiger partial charge in [-0.05, 0) is 13.0 Å². The Morgan fingerprint density at radius 3 is 3.11 bits per heavy atom. The number of benzene rings is 1. The van der Waals surface area contributed by atoms with Gasteiger partial charge in [0.05, 0.1) is 5.52 Å². The molecule has 0 spiro atoms. The summed E-state index contributed by atoms with van der Waals surface area (Å²) in [4.78, 5) is 14.4. The fraction of sp³-hybridized carbons (Fsp3) is 0.385. The number of nitrogens with zero attached hydrogens (tertiary/aromatic N) is 2. The molecule has 0 bridgehead atoms. The fourth-order valence-corrected chi connectivity index (χ4v) is 2.41. The molecular weight excluding hydrogens is 228 g/mol. The number of fused-ring (bicyclic) bond motifs is 1. The highest BCUT2D eigenvalue weighted by Crippen LogP contribution is 2.18. The Labute approximate surface area is 105 Å². The zero-order chi connectivity index (χ0) is 12.5. The molecule has 1 amide bonds. The first-order valence-corrected chi connectivity index (χ1v) is 6.22. The summed E-state index contributed by atoms with van der Waals surface area (Å²) >= 11 is 0. The van der Waals surface area contributed by atoms with Crippen LogP contribution in [-0.2, 0) is 0 Å². The van der Waals surface area contributed by atoms with Crippen molar-refractivity contribution in [2.24, 2.45) is 0 Å². The Morgan fingerprint density at radius 2 is 2.28 bits per heavy atom. The van der Waals surface area contributed by atoms with Crippen LogP contribution >= 0.6 is 0 Å². The maximum Gasteiger partial charge on any atom is 0.275 e. The predicted molar refractivity (Wildman–Crippen MR) is 69.5 cm³/mol. The molecule has 2 aromatic rings. The van der Waals surface area contributed by atoms with Gasteiger partial charge in [0.25, 0.3) is 5.91 Å². The average molecular weight is 244 g/mol. The molecular formula is C13H16N4O. The summed E-state index contributed by atoms with van der Waals surface area (Å²) in [6, 6.07) is 7.93. The normalized spacial score (nSPS) is 20.3. The first-order valence-electron chi connectivity index (χ1n) is 6.22. The number of para-hydroxylation sites is 1. The molecule has 1 fully saturated rings. The number of nitrogens with one attached hydrogen (secondary N) is 2. The molecule has 5 nitrogen and oxygen atoms in total. The third-order valence-corrected chi connectivity index (χ3v) is 3.44. The molecule has 0 radical (unpaired) electrons. The van der Waals surface area contributed by atoms with Crippen LogP contribution in [0.2, 0.25) is 0 Å². The van der Waals surface area contributed by atoms with Crippen molar-refractivity contribution in [3.05, 3.63) is 30.0 Å². The molecule has 1 aliphatic heterocycles. The number of hydrogen-bond acceptors (Lipinski definition) is 3. The number of piperazine rings is 1. The quantitative estimate of drug-likeness (QED) is 0.786. The minimum absolute atomic E-state index is 0.0152. The number of rotatable bonds is 1. The summed E-state index contributed by atoms with van der Waals surface area (Å²) in [5, 5.41) is 11.3. The molecule has 3 rings (SSSR count). The Hall–Kier alpha value is -1.88. The van der Waals surface area contributed by atoms with Crippen LogP contribution in [0.15, 0.2) is 24.3 Å². The first-order chi connectivity index (χ1) is 8.77. The number of aromatic amines is 1. The van der Waals surface area contributed by atoms with Crippen LogP contribution in [-0.4, -0.2) is 46.7 Å². The van der Waals surface area contributed by atoms with Gasteiger partial charge in [0.15, 0.2) is 5.69 Å². The lowest BCUT2D eigenvalue weighted by Crippen LogP contribution is -2.52. The van der Waals surface area contributed by atoms with E-state index in [2.05, 4.69) is 22.4 Å². The number of hydrogen-bond donors (Lipinski definition) is 2. The molecule has 5 heteroatoms. The number of carbonyl (C=O) groups is 1. The van der Waals surface area contributed by atoms with Crippen LogP contribution in [0.1, 0.15) is 17.4 Å². The van der Waals surface area contributed by atoms with Gasteiger partial charge in [-0.1, -0.05) is 18.2 Å². The van der Waals surface area contributed by atoms with Crippen molar-refractivity contribution in [2.75, 3.05) is 19.6 Å². The zero-order valence-electron chi connectivity index (χ0n) is 10.3. The van der Waals surface area contributed by atoms with Crippen LogP contribution in [0, 0.1) is 0 Å². The van der Waals surface area contributed by atoms with Gasteiger partial charge in [0.1, 0.15) is 0 Å². The second-order valence-corrected chi connectivity index (χ2v) is 4.67. The van der Waals surface area contributed by atoms with E-state index in [0.717, 1.165) is 30.5 Å². The zero-order valence-corrected chi connectivity index (χ0v) is 10.3. The highest BCUT2D eigenvalue weighted by Gasteiger charge is 2.26. The summed E-state index contributed by atoms with van der Waals surface area (Å²) in [5.41, 5.74) is 1.43. The molecule has 0 unspecified atom stereocenters. The average Bonchev–Trinajstić information content (AvgIpc) is 2.82. The molecule has 1 atom stereocenters. The summed E-state index contributed by atoms with van der Waals surface area (Å²) in [7, 11) is 0. The van der Waals surface area contributed by atoms with Crippen LogP contribution in [0.5, 0.6) is 0 Å². The molecule has 2 N–H and O–H groups in total. The Balaban J connectivity index is 1.96. The van der Waals surface area contributed by atoms with Gasteiger partial charge in [0, 0.05) is 31.1 Å². The number of aromatic nitrogens is 2. The smallest absolute Gasteiger partial charge is 0.275 e. The van der Waals surface area contributed by atoms with Crippen molar-refractivity contribution in [1.29, 1.82) is 0 Å². The van der Waals surface area contributed by atoms with Gasteiger partial charge < -0.3 is 10.2 Å². The van der Waals surface area contributed by atoms with E-state index in [1.54, 1.807) is 0 Å². The van der Waals surface area contributed by atoms with E-state index in [0.29, 0.717) is 5.69 Å². The van der Waals surface area contributed by atoms with Crippen molar-refractivity contribution < 1.29 is 4.79 Å². The molecule has 0 saturated carbocycles. The molecule has 1 aliphatic rings. The standard InChI is InChI=1S/C13H16N4O/c1-9-8-14-6-7-17(9)13(18)12-10-4-2-3-5-11(10)15-16-12/h2-5,9,14H,6-8H2,1H3,(H,15,16)/t9-/m1/s1. The second-order valence-electron chi connectivity index (χ2n) is 4.67. The van der Waals surface area contributed by atoms with E-state index in [9.17, 15) is 4.79 Å². The maximum atomic E-state index is 12.5. The summed E-state index contributed by atoms with van der Waals surface area (Å²) in [5.74, 6) is 0.0152. The van der Waals surface area contributed by atoms with Gasteiger partial charge in [-0.25, -0.2) is 0 Å². The first kappa shape index (κ1) is 11.2. The number of carbonyl (C=O) groups excluding carboxylic acids is 1. The monoisotopic (exact) mass is 244 g/mol. The van der Waals surface area contributed by atoms with E-state index in [-0.39, 0.29) is 11.9 Å². The third kappa shape index (κ3) is 1.76. The maximum absolute atomic E-state index is 12.5. The van der Waals surface area contributed by atoms with Gasteiger partial charge in [-0.15, -0.1) is 0 Å². The van der Waals surface area contributed by atoms with Gasteiger partial charge in [-0.3, -0.25) is 9.89 Å². The molecule has 1 aromatic heterocycles. The second kappa shape index (κ2) is 4.42. The van der Waals surface area contributed by atoms with Crippen molar-refractivity contribution in [2.45, 2.75) is 13.0 Å². The Kier molecular flexibility index (Phi) is 2.76. The van der Waals surface area contributed by atoms with E-state index >= 15 is 0 Å². The lowest BCUT2D eigenvalue weighted by atomic mass is 10.1. The van der Waals surface area contributed by atoms with Gasteiger partial charge in [-0.2, -0.15) is 5.10 Å². The summed E-state index contributed by atoms with van der Waals surface area (Å²) in [6.07, 6.45) is 0. The van der Waals surface area contributed by atoms with Crippen LogP contribution < -0.4 is 5.32 Å². The number of amides is 1. The molecule has 1 aromatic carbocycles. The largest absolute Gasteiger partial charge is 0.332 e. The van der Waals surface area contributed by atoms with Gasteiger partial charge >= 0.3 is 0 Å². The lowest BCUT2D eigenvalue weighted by molar-refractivity contribution is 0.0651. The summed E-state index contributed by atoms with van der Waals surface area (Å²) < 4.78 is 0. The SMILES string of the molecule is C[C@@H]1CNCCN1C(=O)c1n[nH]c2ccccc12. The molecule has 1 saturated heterocycles. The molecule has 0 aliphatic carbocycles. The van der Waals surface area contributed by atoms with Crippen molar-refractivity contribution in [3.8, 4) is 0 Å². The predicted octanol–water partition coefficient (Wildman–Crippen LogP) is 0.997. The van der Waals surface area contributed by atoms with Crippen molar-refractivity contribution >= 4 is 16.8 Å². The van der Waals surface area contributed by atoms with E-state index < -0.39 is 0 Å². The topological polar surface area (TPSA) is 61.0 Å². The van der Waals surface area contributed by atoms with Crippen molar-refractivity contribution in [1.82, 2.24) is 20.4 Å². The minimum Gasteiger partial charge on any atom is -0.332 e. The van der Waals surface area contributed by atoms with Crippen LogP contribution in [0.4, 0.5) is 0 Å². The van der Waals surface area contributed by atoms with E-state index in [1.165, 1.54) is 0 Å². The van der Waals surface area contributed by atoms with E-state index in [1.807, 2.05) is 29.2 Å². The minimum atomic E-state index is 0.0152. The molecule has 2 heterocycles. The number of H-pyrrole nitrogens is 1. The summed E-state index contributed by atoms with van der Waals surface area (Å²) in [6.45, 7) is 4.48. The van der Waals surface area contributed by atoms with E-state index in [4.69, 9.17) is 0 Å². The highest BCUT2D eigenvalue weighted by molar-refractivity contribution is 6.04. The lowest BCUT2D eigenvalue weighted by Gasteiger charge is -2.33. The third-order valence-electron chi connectivity index (χ3n) is 3.44. The fourth-order valence-electron chi connectivity index (χ4n) is 2.41. The van der Waals surface area contributed by atoms with Gasteiger partial charge in [0.2, 0.25) is 0 Å². The molecule has 18 heavy (non-hydrogen) atoms.